The normalized spacial score (nSPS) is 22.8. The third-order valence-electron chi connectivity index (χ3n) is 4.78. The van der Waals surface area contributed by atoms with Crippen LogP contribution < -0.4 is 5.32 Å². The summed E-state index contributed by atoms with van der Waals surface area (Å²) in [5.41, 5.74) is 0.730. The Labute approximate surface area is 175 Å². The van der Waals surface area contributed by atoms with Gasteiger partial charge in [0.25, 0.3) is 11.8 Å². The molecule has 0 saturated carbocycles. The quantitative estimate of drug-likeness (QED) is 0.791. The molecule has 2 amide bonds. The summed E-state index contributed by atoms with van der Waals surface area (Å²) in [4.78, 5) is 32.3. The Hall–Kier alpha value is -1.52. The number of ether oxygens (including phenoxy) is 2. The molecule has 0 unspecified atom stereocenters. The second kappa shape index (κ2) is 8.08. The molecule has 1 N–H and O–H groups in total. The van der Waals surface area contributed by atoms with Gasteiger partial charge < -0.3 is 19.7 Å². The summed E-state index contributed by atoms with van der Waals surface area (Å²) in [5.74, 6) is -0.252. The zero-order valence-electron chi connectivity index (χ0n) is 15.4. The van der Waals surface area contributed by atoms with Gasteiger partial charge in [-0.1, -0.05) is 11.6 Å². The van der Waals surface area contributed by atoms with E-state index in [1.165, 1.54) is 22.7 Å². The topological polar surface area (TPSA) is 80.8 Å². The Morgan fingerprint density at radius 2 is 1.89 bits per heavy atom. The molecule has 28 heavy (non-hydrogen) atoms. The molecular formula is C18H20ClN3O4S2. The Kier molecular flexibility index (Phi) is 5.71. The van der Waals surface area contributed by atoms with Crippen molar-refractivity contribution in [3.05, 3.63) is 36.9 Å². The summed E-state index contributed by atoms with van der Waals surface area (Å²) in [6.07, 6.45) is -0.422. The van der Waals surface area contributed by atoms with E-state index in [0.29, 0.717) is 41.1 Å². The highest BCUT2D eigenvalue weighted by Crippen LogP contribution is 2.27. The van der Waals surface area contributed by atoms with Crippen molar-refractivity contribution in [1.29, 1.82) is 0 Å². The number of rotatable bonds is 3. The Morgan fingerprint density at radius 1 is 1.21 bits per heavy atom. The maximum absolute atomic E-state index is 12.6. The molecule has 150 valence electrons. The highest BCUT2D eigenvalue weighted by atomic mass is 35.5. The van der Waals surface area contributed by atoms with Crippen LogP contribution in [-0.4, -0.2) is 66.3 Å². The van der Waals surface area contributed by atoms with E-state index in [0.717, 1.165) is 10.7 Å². The Bertz CT molecular complexity index is 883. The average molecular weight is 442 g/mol. The van der Waals surface area contributed by atoms with E-state index in [9.17, 15) is 9.59 Å². The number of carbonyl (C=O) groups is 2. The number of hydrogen-bond acceptors (Lipinski definition) is 7. The van der Waals surface area contributed by atoms with Crippen LogP contribution in [0.15, 0.2) is 11.4 Å². The summed E-state index contributed by atoms with van der Waals surface area (Å²) in [6.45, 7) is 5.28. The lowest BCUT2D eigenvalue weighted by atomic mass is 10.3. The van der Waals surface area contributed by atoms with E-state index in [-0.39, 0.29) is 30.1 Å². The van der Waals surface area contributed by atoms with Crippen LogP contribution in [0.2, 0.25) is 5.02 Å². The minimum atomic E-state index is -0.240. The van der Waals surface area contributed by atoms with Crippen LogP contribution in [0.1, 0.15) is 30.0 Å². The first-order valence-corrected chi connectivity index (χ1v) is 11.0. The fourth-order valence-electron chi connectivity index (χ4n) is 3.42. The van der Waals surface area contributed by atoms with Gasteiger partial charge in [0.15, 0.2) is 0 Å². The monoisotopic (exact) mass is 441 g/mol. The fraction of sp³-hybridized carbons (Fsp3) is 0.500. The highest BCUT2D eigenvalue weighted by Gasteiger charge is 2.40. The first-order chi connectivity index (χ1) is 13.4. The number of aromatic nitrogens is 1. The minimum Gasteiger partial charge on any atom is -0.371 e. The number of amides is 2. The summed E-state index contributed by atoms with van der Waals surface area (Å²) < 4.78 is 11.9. The van der Waals surface area contributed by atoms with Crippen molar-refractivity contribution in [2.24, 2.45) is 0 Å². The molecule has 2 fully saturated rings. The van der Waals surface area contributed by atoms with Crippen LogP contribution in [0.5, 0.6) is 0 Å². The number of aryl methyl sites for hydroxylation is 2. The number of nitrogens with one attached hydrogen (secondary N) is 1. The van der Waals surface area contributed by atoms with Gasteiger partial charge in [0.05, 0.1) is 35.0 Å². The van der Waals surface area contributed by atoms with Crippen LogP contribution in [0, 0.1) is 13.8 Å². The third-order valence-corrected chi connectivity index (χ3v) is 7.18. The number of likely N-dealkylation sites (tertiary alicyclic amines) is 1. The summed E-state index contributed by atoms with van der Waals surface area (Å²) in [5, 5.41) is 6.10. The van der Waals surface area contributed by atoms with E-state index in [4.69, 9.17) is 21.1 Å². The predicted molar refractivity (Wildman–Crippen MR) is 108 cm³/mol. The number of fused-ring (bicyclic) bond motifs is 1. The lowest BCUT2D eigenvalue weighted by molar-refractivity contribution is -0.00461. The van der Waals surface area contributed by atoms with Gasteiger partial charge >= 0.3 is 0 Å². The molecule has 2 aromatic rings. The second-order valence-electron chi connectivity index (χ2n) is 6.87. The van der Waals surface area contributed by atoms with E-state index < -0.39 is 0 Å². The molecule has 2 atom stereocenters. The van der Waals surface area contributed by atoms with E-state index in [1.54, 1.807) is 16.3 Å². The van der Waals surface area contributed by atoms with Crippen molar-refractivity contribution in [1.82, 2.24) is 15.2 Å². The molecule has 2 aliphatic heterocycles. The van der Waals surface area contributed by atoms with Crippen molar-refractivity contribution in [2.45, 2.75) is 32.1 Å². The van der Waals surface area contributed by atoms with Gasteiger partial charge in [0, 0.05) is 13.1 Å². The Balaban J connectivity index is 1.34. The first kappa shape index (κ1) is 19.8. The molecule has 4 rings (SSSR count). The molecule has 0 aromatic carbocycles. The average Bonchev–Trinajstić information content (AvgIpc) is 3.32. The number of carbonyl (C=O) groups excluding carboxylic acids is 2. The van der Waals surface area contributed by atoms with Gasteiger partial charge in [0.2, 0.25) is 0 Å². The van der Waals surface area contributed by atoms with Gasteiger partial charge in [-0.25, -0.2) is 4.98 Å². The van der Waals surface area contributed by atoms with Crippen molar-refractivity contribution >= 4 is 46.1 Å². The molecule has 2 aromatic heterocycles. The van der Waals surface area contributed by atoms with E-state index in [1.807, 2.05) is 13.8 Å². The van der Waals surface area contributed by atoms with Crippen LogP contribution in [0.25, 0.3) is 0 Å². The number of thiophene rings is 1. The number of nitrogens with zero attached hydrogens (tertiary/aromatic N) is 2. The fourth-order valence-corrected chi connectivity index (χ4v) is 5.35. The van der Waals surface area contributed by atoms with Gasteiger partial charge in [-0.3, -0.25) is 9.59 Å². The maximum Gasteiger partial charge on any atom is 0.265 e. The Morgan fingerprint density at radius 3 is 2.43 bits per heavy atom. The van der Waals surface area contributed by atoms with Crippen molar-refractivity contribution in [2.75, 3.05) is 26.3 Å². The SMILES string of the molecule is Cc1nc(C)c(C(=O)NC2CO[C@H]3CN(C(=O)c4sccc4Cl)C[C@@H]3OC2)s1. The largest absolute Gasteiger partial charge is 0.371 e. The molecule has 2 saturated heterocycles. The summed E-state index contributed by atoms with van der Waals surface area (Å²) in [6, 6.07) is 1.48. The number of thiazole rings is 1. The highest BCUT2D eigenvalue weighted by molar-refractivity contribution is 7.13. The molecule has 0 spiro atoms. The van der Waals surface area contributed by atoms with Crippen LogP contribution in [0.4, 0.5) is 0 Å². The van der Waals surface area contributed by atoms with Crippen LogP contribution in [-0.2, 0) is 9.47 Å². The predicted octanol–water partition coefficient (Wildman–Crippen LogP) is 2.51. The standard InChI is InChI=1S/C18H20ClN3O4S2/c1-9-15(28-10(2)20-9)17(23)21-11-7-25-13-5-22(6-14(13)26-8-11)18(24)16-12(19)3-4-27-16/h3-4,11,13-14H,5-8H2,1-2H3,(H,21,23)/t13-,14-/m0/s1. The third kappa shape index (κ3) is 3.95. The first-order valence-electron chi connectivity index (χ1n) is 8.92. The van der Waals surface area contributed by atoms with Crippen molar-refractivity contribution in [3.63, 3.8) is 0 Å². The van der Waals surface area contributed by atoms with Gasteiger partial charge in [-0.15, -0.1) is 22.7 Å². The van der Waals surface area contributed by atoms with Crippen LogP contribution in [0.3, 0.4) is 0 Å². The van der Waals surface area contributed by atoms with Crippen LogP contribution >= 0.6 is 34.3 Å². The van der Waals surface area contributed by atoms with Gasteiger partial charge in [0.1, 0.15) is 22.0 Å². The molecule has 4 heterocycles. The molecule has 0 aliphatic carbocycles. The van der Waals surface area contributed by atoms with Crippen molar-refractivity contribution in [3.8, 4) is 0 Å². The zero-order valence-corrected chi connectivity index (χ0v) is 17.8. The van der Waals surface area contributed by atoms with E-state index in [2.05, 4.69) is 10.3 Å². The number of hydrogen-bond donors (Lipinski definition) is 1. The molecule has 0 radical (unpaired) electrons. The lowest BCUT2D eigenvalue weighted by Gasteiger charge is -2.19. The molecule has 2 aliphatic rings. The maximum atomic E-state index is 12.6. The van der Waals surface area contributed by atoms with Gasteiger partial charge in [-0.05, 0) is 25.3 Å². The molecule has 10 heteroatoms. The number of halogens is 1. The van der Waals surface area contributed by atoms with Crippen molar-refractivity contribution < 1.29 is 19.1 Å². The van der Waals surface area contributed by atoms with E-state index >= 15 is 0 Å². The minimum absolute atomic E-state index is 0.0961. The molecular weight excluding hydrogens is 422 g/mol. The van der Waals surface area contributed by atoms with Gasteiger partial charge in [-0.2, -0.15) is 0 Å². The summed E-state index contributed by atoms with van der Waals surface area (Å²) >= 11 is 8.79. The summed E-state index contributed by atoms with van der Waals surface area (Å²) in [7, 11) is 0. The molecule has 7 nitrogen and oxygen atoms in total. The second-order valence-corrected chi connectivity index (χ2v) is 9.40. The smallest absolute Gasteiger partial charge is 0.265 e. The zero-order chi connectivity index (χ0) is 19.8. The lowest BCUT2D eigenvalue weighted by Crippen LogP contribution is -2.41. The molecule has 0 bridgehead atoms.